The second-order valence-electron chi connectivity index (χ2n) is 6.68. The van der Waals surface area contributed by atoms with Gasteiger partial charge in [0.1, 0.15) is 11.5 Å². The summed E-state index contributed by atoms with van der Waals surface area (Å²) in [5.74, 6) is 1.68. The fourth-order valence-electron chi connectivity index (χ4n) is 2.85. The summed E-state index contributed by atoms with van der Waals surface area (Å²) in [5, 5.41) is 6.01. The lowest BCUT2D eigenvalue weighted by Gasteiger charge is -2.14. The van der Waals surface area contributed by atoms with Gasteiger partial charge in [-0.25, -0.2) is 9.97 Å². The van der Waals surface area contributed by atoms with Gasteiger partial charge in [0.15, 0.2) is 0 Å². The van der Waals surface area contributed by atoms with Crippen LogP contribution in [0.25, 0.3) is 0 Å². The van der Waals surface area contributed by atoms with E-state index in [1.807, 2.05) is 24.3 Å². The van der Waals surface area contributed by atoms with Gasteiger partial charge in [0.25, 0.3) is 5.91 Å². The summed E-state index contributed by atoms with van der Waals surface area (Å²) in [4.78, 5) is 21.1. The number of benzene rings is 2. The molecule has 2 aromatic carbocycles. The van der Waals surface area contributed by atoms with Crippen molar-refractivity contribution in [1.29, 1.82) is 0 Å². The lowest BCUT2D eigenvalue weighted by Crippen LogP contribution is -2.14. The summed E-state index contributed by atoms with van der Waals surface area (Å²) >= 11 is 0. The third-order valence-corrected chi connectivity index (χ3v) is 4.40. The predicted octanol–water partition coefficient (Wildman–Crippen LogP) is 4.61. The monoisotopic (exact) mass is 392 g/mol. The molecule has 7 heteroatoms. The van der Waals surface area contributed by atoms with E-state index in [1.165, 1.54) is 12.4 Å². The molecule has 0 aliphatic heterocycles. The molecule has 0 saturated heterocycles. The second kappa shape index (κ2) is 9.05. The summed E-state index contributed by atoms with van der Waals surface area (Å²) in [7, 11) is 3.17. The molecule has 0 atom stereocenters. The summed E-state index contributed by atoms with van der Waals surface area (Å²) in [5.41, 5.74) is 2.89. The van der Waals surface area contributed by atoms with Crippen molar-refractivity contribution in [1.82, 2.24) is 9.97 Å². The number of aromatic nitrogens is 2. The number of amides is 1. The van der Waals surface area contributed by atoms with Gasteiger partial charge in [-0.05, 0) is 29.7 Å². The van der Waals surface area contributed by atoms with E-state index in [4.69, 9.17) is 9.47 Å². The molecule has 150 valence electrons. The van der Waals surface area contributed by atoms with Crippen LogP contribution in [0.3, 0.4) is 0 Å². The summed E-state index contributed by atoms with van der Waals surface area (Å²) in [6, 6.07) is 13.1. The molecule has 0 radical (unpaired) electrons. The average Bonchev–Trinajstić information content (AvgIpc) is 2.74. The quantitative estimate of drug-likeness (QED) is 0.611. The fraction of sp³-hybridized carbons (Fsp3) is 0.227. The number of methoxy groups -OCH3 is 2. The van der Waals surface area contributed by atoms with Gasteiger partial charge in [0.2, 0.25) is 5.95 Å². The SMILES string of the molecule is COc1ccc(OC)c(Nc2ncc(C(=O)Nc3ccccc3C(C)C)cn2)c1. The molecular formula is C22H24N4O3. The highest BCUT2D eigenvalue weighted by molar-refractivity contribution is 6.04. The maximum atomic E-state index is 12.6. The van der Waals surface area contributed by atoms with Gasteiger partial charge in [-0.3, -0.25) is 4.79 Å². The van der Waals surface area contributed by atoms with E-state index in [0.29, 0.717) is 34.6 Å². The molecule has 1 heterocycles. The number of carbonyl (C=O) groups excluding carboxylic acids is 1. The van der Waals surface area contributed by atoms with Gasteiger partial charge in [-0.2, -0.15) is 0 Å². The average molecular weight is 392 g/mol. The molecule has 0 aliphatic carbocycles. The molecule has 29 heavy (non-hydrogen) atoms. The Hall–Kier alpha value is -3.61. The van der Waals surface area contributed by atoms with Crippen molar-refractivity contribution in [3.63, 3.8) is 0 Å². The maximum Gasteiger partial charge on any atom is 0.258 e. The first kappa shape index (κ1) is 20.1. The Morgan fingerprint density at radius 2 is 1.69 bits per heavy atom. The van der Waals surface area contributed by atoms with Gasteiger partial charge < -0.3 is 20.1 Å². The van der Waals surface area contributed by atoms with Crippen LogP contribution >= 0.6 is 0 Å². The number of hydrogen-bond acceptors (Lipinski definition) is 6. The van der Waals surface area contributed by atoms with Gasteiger partial charge in [0, 0.05) is 24.1 Å². The van der Waals surface area contributed by atoms with Crippen molar-refractivity contribution in [2.24, 2.45) is 0 Å². The highest BCUT2D eigenvalue weighted by atomic mass is 16.5. The van der Waals surface area contributed by atoms with E-state index in [-0.39, 0.29) is 5.91 Å². The van der Waals surface area contributed by atoms with Gasteiger partial charge in [0.05, 0.1) is 25.5 Å². The Bertz CT molecular complexity index is 988. The van der Waals surface area contributed by atoms with Crippen LogP contribution in [0.2, 0.25) is 0 Å². The van der Waals surface area contributed by atoms with E-state index in [9.17, 15) is 4.79 Å². The van der Waals surface area contributed by atoms with Crippen LogP contribution in [0.15, 0.2) is 54.9 Å². The Labute approximate surface area is 170 Å². The standard InChI is InChI=1S/C22H24N4O3/c1-14(2)17-7-5-6-8-18(17)25-21(27)15-12-23-22(24-13-15)26-19-11-16(28-3)9-10-20(19)29-4/h5-14H,1-4H3,(H,25,27)(H,23,24,26). The van der Waals surface area contributed by atoms with Crippen LogP contribution < -0.4 is 20.1 Å². The van der Waals surface area contributed by atoms with E-state index in [0.717, 1.165) is 11.3 Å². The van der Waals surface area contributed by atoms with Crippen LogP contribution in [-0.4, -0.2) is 30.1 Å². The molecule has 7 nitrogen and oxygen atoms in total. The zero-order chi connectivity index (χ0) is 20.8. The van der Waals surface area contributed by atoms with Crippen LogP contribution in [0.4, 0.5) is 17.3 Å². The number of ether oxygens (including phenoxy) is 2. The number of rotatable bonds is 7. The minimum absolute atomic E-state index is 0.261. The molecule has 3 rings (SSSR count). The molecule has 0 aliphatic rings. The lowest BCUT2D eigenvalue weighted by molar-refractivity contribution is 0.102. The normalized spacial score (nSPS) is 10.5. The fourth-order valence-corrected chi connectivity index (χ4v) is 2.85. The zero-order valence-electron chi connectivity index (χ0n) is 16.9. The number of nitrogens with zero attached hydrogens (tertiary/aromatic N) is 2. The molecule has 2 N–H and O–H groups in total. The summed E-state index contributed by atoms with van der Waals surface area (Å²) in [6.45, 7) is 4.17. The molecule has 0 unspecified atom stereocenters. The zero-order valence-corrected chi connectivity index (χ0v) is 16.9. The maximum absolute atomic E-state index is 12.6. The van der Waals surface area contributed by atoms with Crippen molar-refractivity contribution < 1.29 is 14.3 Å². The minimum atomic E-state index is -0.261. The first-order chi connectivity index (χ1) is 14.0. The Morgan fingerprint density at radius 1 is 0.966 bits per heavy atom. The van der Waals surface area contributed by atoms with Crippen molar-refractivity contribution >= 4 is 23.2 Å². The highest BCUT2D eigenvalue weighted by Crippen LogP contribution is 2.30. The van der Waals surface area contributed by atoms with Crippen LogP contribution in [0, 0.1) is 0 Å². The van der Waals surface area contributed by atoms with E-state index in [2.05, 4.69) is 34.4 Å². The van der Waals surface area contributed by atoms with Crippen molar-refractivity contribution in [3.05, 3.63) is 66.0 Å². The van der Waals surface area contributed by atoms with Crippen LogP contribution in [0.5, 0.6) is 11.5 Å². The van der Waals surface area contributed by atoms with Gasteiger partial charge >= 0.3 is 0 Å². The molecule has 3 aromatic rings. The molecule has 0 bridgehead atoms. The Kier molecular flexibility index (Phi) is 6.29. The summed E-state index contributed by atoms with van der Waals surface area (Å²) in [6.07, 6.45) is 2.96. The first-order valence-corrected chi connectivity index (χ1v) is 9.23. The largest absolute Gasteiger partial charge is 0.497 e. The number of nitrogens with one attached hydrogen (secondary N) is 2. The van der Waals surface area contributed by atoms with Gasteiger partial charge in [-0.1, -0.05) is 32.0 Å². The number of anilines is 3. The van der Waals surface area contributed by atoms with Crippen LogP contribution in [0.1, 0.15) is 35.7 Å². The van der Waals surface area contributed by atoms with Crippen molar-refractivity contribution in [3.8, 4) is 11.5 Å². The van der Waals surface area contributed by atoms with Crippen molar-refractivity contribution in [2.45, 2.75) is 19.8 Å². The predicted molar refractivity (Wildman–Crippen MR) is 113 cm³/mol. The minimum Gasteiger partial charge on any atom is -0.497 e. The second-order valence-corrected chi connectivity index (χ2v) is 6.68. The highest BCUT2D eigenvalue weighted by Gasteiger charge is 2.13. The summed E-state index contributed by atoms with van der Waals surface area (Å²) < 4.78 is 10.6. The molecular weight excluding hydrogens is 368 g/mol. The third kappa shape index (κ3) is 4.82. The van der Waals surface area contributed by atoms with E-state index in [1.54, 1.807) is 32.4 Å². The van der Waals surface area contributed by atoms with E-state index < -0.39 is 0 Å². The number of carbonyl (C=O) groups is 1. The smallest absolute Gasteiger partial charge is 0.258 e. The first-order valence-electron chi connectivity index (χ1n) is 9.23. The lowest BCUT2D eigenvalue weighted by atomic mass is 10.0. The molecule has 1 aromatic heterocycles. The topological polar surface area (TPSA) is 85.4 Å². The van der Waals surface area contributed by atoms with Crippen LogP contribution in [-0.2, 0) is 0 Å². The van der Waals surface area contributed by atoms with E-state index >= 15 is 0 Å². The Morgan fingerprint density at radius 3 is 2.34 bits per heavy atom. The number of para-hydroxylation sites is 1. The Balaban J connectivity index is 1.75. The third-order valence-electron chi connectivity index (χ3n) is 4.40. The van der Waals surface area contributed by atoms with Gasteiger partial charge in [-0.15, -0.1) is 0 Å². The molecule has 0 fully saturated rings. The molecule has 1 amide bonds. The van der Waals surface area contributed by atoms with Crippen molar-refractivity contribution in [2.75, 3.05) is 24.9 Å². The molecule has 0 saturated carbocycles. The molecule has 0 spiro atoms. The number of hydrogen-bond donors (Lipinski definition) is 2.